The van der Waals surface area contributed by atoms with E-state index in [4.69, 9.17) is 5.11 Å². The topological polar surface area (TPSA) is 112 Å². The summed E-state index contributed by atoms with van der Waals surface area (Å²) in [6.45, 7) is 0. The van der Waals surface area contributed by atoms with Crippen molar-refractivity contribution in [3.63, 3.8) is 0 Å². The van der Waals surface area contributed by atoms with Crippen LogP contribution >= 0.6 is 0 Å². The van der Waals surface area contributed by atoms with Gasteiger partial charge in [0.1, 0.15) is 5.75 Å². The number of aromatic carboxylic acids is 1. The summed E-state index contributed by atoms with van der Waals surface area (Å²) in [5, 5.41) is 19.2. The van der Waals surface area contributed by atoms with Crippen LogP contribution in [-0.2, 0) is 0 Å². The number of hydrogen-bond acceptors (Lipinski definition) is 6. The molecule has 0 aliphatic heterocycles. The van der Waals surface area contributed by atoms with Crippen molar-refractivity contribution in [3.05, 3.63) is 21.7 Å². The Balaban J connectivity index is 3.50. The molecule has 0 fully saturated rings. The van der Waals surface area contributed by atoms with Gasteiger partial charge in [0.2, 0.25) is 0 Å². The number of ether oxygens (including phenoxy) is 2. The summed E-state index contributed by atoms with van der Waals surface area (Å²) in [6, 6.07) is 0.576. The zero-order chi connectivity index (χ0) is 14.8. The van der Waals surface area contributed by atoms with Gasteiger partial charge in [0.15, 0.2) is 5.56 Å². The molecule has 104 valence electrons. The molecule has 0 atom stereocenters. The Bertz CT molecular complexity index is 530. The average Bonchev–Trinajstić information content (AvgIpc) is 2.24. The first-order valence-electron chi connectivity index (χ1n) is 4.38. The summed E-state index contributed by atoms with van der Waals surface area (Å²) < 4.78 is 44.1. The molecule has 0 amide bonds. The quantitative estimate of drug-likeness (QED) is 0.659. The number of halogens is 3. The van der Waals surface area contributed by atoms with E-state index in [2.05, 4.69) is 14.5 Å². The molecule has 1 rings (SSSR count). The van der Waals surface area contributed by atoms with E-state index < -0.39 is 40.3 Å². The maximum Gasteiger partial charge on any atom is 0.575 e. The fraction of sp³-hybridized carbons (Fsp3) is 0.250. The highest BCUT2D eigenvalue weighted by atomic mass is 19.4. The highest BCUT2D eigenvalue weighted by Crippen LogP contribution is 2.33. The number of carboxylic acids is 1. The maximum absolute atomic E-state index is 12.1. The number of pyridine rings is 1. The molecule has 0 aliphatic carbocycles. The minimum Gasteiger partial charge on any atom is -0.495 e. The van der Waals surface area contributed by atoms with Crippen molar-refractivity contribution in [2.45, 2.75) is 6.36 Å². The molecule has 8 nitrogen and oxygen atoms in total. The Kier molecular flexibility index (Phi) is 3.77. The molecule has 0 aliphatic rings. The molecule has 0 saturated heterocycles. The van der Waals surface area contributed by atoms with Crippen LogP contribution in [0.2, 0.25) is 0 Å². The molecule has 1 N–H and O–H groups in total. The Morgan fingerprint density at radius 3 is 2.47 bits per heavy atom. The molecule has 1 aromatic heterocycles. The summed E-state index contributed by atoms with van der Waals surface area (Å²) in [7, 11) is 0.933. The molecule has 0 bridgehead atoms. The van der Waals surface area contributed by atoms with Crippen molar-refractivity contribution in [1.82, 2.24) is 4.98 Å². The molecular formula is C8H5F3N2O6. The molecule has 1 aromatic rings. The second kappa shape index (κ2) is 4.96. The normalized spacial score (nSPS) is 10.9. The third-order valence-corrected chi connectivity index (χ3v) is 1.77. The zero-order valence-electron chi connectivity index (χ0n) is 9.09. The number of hydrogen-bond donors (Lipinski definition) is 1. The number of aromatic nitrogens is 1. The van der Waals surface area contributed by atoms with Crippen molar-refractivity contribution >= 4 is 11.8 Å². The van der Waals surface area contributed by atoms with Crippen LogP contribution in [0.25, 0.3) is 0 Å². The Morgan fingerprint density at radius 1 is 1.53 bits per heavy atom. The largest absolute Gasteiger partial charge is 0.575 e. The first-order valence-corrected chi connectivity index (χ1v) is 4.38. The average molecular weight is 282 g/mol. The molecular weight excluding hydrogens is 277 g/mol. The first kappa shape index (κ1) is 14.5. The molecule has 1 heterocycles. The smallest absolute Gasteiger partial charge is 0.495 e. The van der Waals surface area contributed by atoms with Crippen molar-refractivity contribution in [2.24, 2.45) is 0 Å². The predicted octanol–water partition coefficient (Wildman–Crippen LogP) is 1.60. The van der Waals surface area contributed by atoms with E-state index in [0.717, 1.165) is 7.11 Å². The third-order valence-electron chi connectivity index (χ3n) is 1.77. The zero-order valence-corrected chi connectivity index (χ0v) is 9.09. The number of nitrogens with zero attached hydrogens (tertiary/aromatic N) is 2. The van der Waals surface area contributed by atoms with Gasteiger partial charge < -0.3 is 24.7 Å². The van der Waals surface area contributed by atoms with Crippen LogP contribution in [0.4, 0.5) is 19.0 Å². The van der Waals surface area contributed by atoms with E-state index in [0.29, 0.717) is 6.07 Å². The standard InChI is InChI=1S/C8H5F3N2O6/c1-18-3-2-4(13(16)17)12-6(5(3)7(14)15)19-8(9,10)11/h2H,1H3,(H,14,15). The fourth-order valence-electron chi connectivity index (χ4n) is 1.12. The summed E-state index contributed by atoms with van der Waals surface area (Å²) in [5.41, 5.74) is -1.06. The van der Waals surface area contributed by atoms with Crippen LogP contribution in [-0.4, -0.2) is 34.5 Å². The molecule has 19 heavy (non-hydrogen) atoms. The van der Waals surface area contributed by atoms with E-state index in [1.807, 2.05) is 0 Å². The number of nitro groups is 1. The number of carbonyl (C=O) groups is 1. The fourth-order valence-corrected chi connectivity index (χ4v) is 1.12. The minimum absolute atomic E-state index is 0.576. The van der Waals surface area contributed by atoms with Gasteiger partial charge in [-0.3, -0.25) is 0 Å². The number of carboxylic acid groups (broad SMARTS) is 1. The SMILES string of the molecule is COc1cc([N+](=O)[O-])nc(OC(F)(F)F)c1C(=O)O. The highest BCUT2D eigenvalue weighted by molar-refractivity contribution is 5.93. The number of rotatable bonds is 4. The Labute approximate surface area is 102 Å². The van der Waals surface area contributed by atoms with Crippen molar-refractivity contribution in [3.8, 4) is 11.6 Å². The van der Waals surface area contributed by atoms with Gasteiger partial charge in [-0.25, -0.2) is 4.79 Å². The lowest BCUT2D eigenvalue weighted by Crippen LogP contribution is -2.20. The molecule has 0 aromatic carbocycles. The first-order chi connectivity index (χ1) is 8.65. The number of alkyl halides is 3. The van der Waals surface area contributed by atoms with Crippen LogP contribution in [0.5, 0.6) is 11.6 Å². The summed E-state index contributed by atoms with van der Waals surface area (Å²) >= 11 is 0. The third kappa shape index (κ3) is 3.43. The van der Waals surface area contributed by atoms with Gasteiger partial charge in [0, 0.05) is 4.98 Å². The van der Waals surface area contributed by atoms with Gasteiger partial charge in [-0.05, 0) is 4.92 Å². The van der Waals surface area contributed by atoms with Gasteiger partial charge in [0.25, 0.3) is 0 Å². The lowest BCUT2D eigenvalue weighted by Gasteiger charge is -2.09. The van der Waals surface area contributed by atoms with Crippen LogP contribution in [0.3, 0.4) is 0 Å². The molecule has 0 unspecified atom stereocenters. The van der Waals surface area contributed by atoms with E-state index >= 15 is 0 Å². The van der Waals surface area contributed by atoms with Gasteiger partial charge in [-0.15, -0.1) is 13.2 Å². The lowest BCUT2D eigenvalue weighted by atomic mass is 10.2. The van der Waals surface area contributed by atoms with Crippen LogP contribution in [0.1, 0.15) is 10.4 Å². The number of methoxy groups -OCH3 is 1. The maximum atomic E-state index is 12.1. The van der Waals surface area contributed by atoms with E-state index in [1.54, 1.807) is 0 Å². The Morgan fingerprint density at radius 2 is 2.11 bits per heavy atom. The lowest BCUT2D eigenvalue weighted by molar-refractivity contribution is -0.390. The molecule has 11 heteroatoms. The van der Waals surface area contributed by atoms with Crippen molar-refractivity contribution in [1.29, 1.82) is 0 Å². The van der Waals surface area contributed by atoms with Crippen LogP contribution in [0, 0.1) is 10.1 Å². The second-order valence-corrected chi connectivity index (χ2v) is 2.97. The van der Waals surface area contributed by atoms with Crippen LogP contribution in [0.15, 0.2) is 6.07 Å². The van der Waals surface area contributed by atoms with Gasteiger partial charge in [-0.1, -0.05) is 0 Å². The second-order valence-electron chi connectivity index (χ2n) is 2.97. The minimum atomic E-state index is -5.25. The van der Waals surface area contributed by atoms with Crippen molar-refractivity contribution in [2.75, 3.05) is 7.11 Å². The van der Waals surface area contributed by atoms with E-state index in [9.17, 15) is 28.1 Å². The summed E-state index contributed by atoms with van der Waals surface area (Å²) in [4.78, 5) is 23.1. The summed E-state index contributed by atoms with van der Waals surface area (Å²) in [6.07, 6.45) is -5.25. The molecule has 0 saturated carbocycles. The monoisotopic (exact) mass is 282 g/mol. The van der Waals surface area contributed by atoms with E-state index in [1.165, 1.54) is 0 Å². The summed E-state index contributed by atoms with van der Waals surface area (Å²) in [5.74, 6) is -5.01. The molecule has 0 radical (unpaired) electrons. The van der Waals surface area contributed by atoms with Crippen LogP contribution < -0.4 is 9.47 Å². The predicted molar refractivity (Wildman–Crippen MR) is 51.1 cm³/mol. The van der Waals surface area contributed by atoms with Crippen molar-refractivity contribution < 1.29 is 37.5 Å². The highest BCUT2D eigenvalue weighted by Gasteiger charge is 2.38. The van der Waals surface area contributed by atoms with Gasteiger partial charge in [0.05, 0.1) is 13.2 Å². The van der Waals surface area contributed by atoms with E-state index in [-0.39, 0.29) is 0 Å². The molecule has 0 spiro atoms. The van der Waals surface area contributed by atoms with Gasteiger partial charge >= 0.3 is 24.0 Å². The van der Waals surface area contributed by atoms with Gasteiger partial charge in [-0.2, -0.15) is 0 Å². The Hall–Kier alpha value is -2.59.